The van der Waals surface area contributed by atoms with Gasteiger partial charge in [-0.25, -0.2) is 0 Å². The predicted octanol–water partition coefficient (Wildman–Crippen LogP) is 3.21. The van der Waals surface area contributed by atoms with Gasteiger partial charge in [-0.3, -0.25) is 4.68 Å². The molecule has 2 aliphatic rings. The number of nitrogens with zero attached hydrogens (tertiary/aromatic N) is 2. The largest absolute Gasteiger partial charge is 0.375 e. The van der Waals surface area contributed by atoms with E-state index in [1.54, 1.807) is 0 Å². The molecule has 4 nitrogen and oxygen atoms in total. The van der Waals surface area contributed by atoms with Crippen LogP contribution >= 0.6 is 0 Å². The van der Waals surface area contributed by atoms with Crippen molar-refractivity contribution in [2.45, 2.75) is 70.6 Å². The summed E-state index contributed by atoms with van der Waals surface area (Å²) < 4.78 is 8.36. The van der Waals surface area contributed by atoms with Crippen molar-refractivity contribution < 1.29 is 4.74 Å². The van der Waals surface area contributed by atoms with Crippen molar-refractivity contribution in [3.8, 4) is 0 Å². The van der Waals surface area contributed by atoms with Crippen molar-refractivity contribution >= 4 is 0 Å². The number of aromatic nitrogens is 2. The molecule has 21 heavy (non-hydrogen) atoms. The van der Waals surface area contributed by atoms with E-state index in [-0.39, 0.29) is 5.60 Å². The van der Waals surface area contributed by atoms with Crippen LogP contribution in [-0.4, -0.2) is 29.0 Å². The van der Waals surface area contributed by atoms with Crippen molar-refractivity contribution in [1.29, 1.82) is 0 Å². The van der Waals surface area contributed by atoms with Crippen LogP contribution in [0.15, 0.2) is 6.07 Å². The molecule has 0 aromatic carbocycles. The lowest BCUT2D eigenvalue weighted by molar-refractivity contribution is -0.0982. The number of hydrogen-bond donors (Lipinski definition) is 1. The molecule has 4 heteroatoms. The van der Waals surface area contributed by atoms with Gasteiger partial charge < -0.3 is 10.1 Å². The molecule has 2 unspecified atom stereocenters. The van der Waals surface area contributed by atoms with Crippen molar-refractivity contribution in [1.82, 2.24) is 15.1 Å². The fourth-order valence-electron chi connectivity index (χ4n) is 4.41. The Balaban J connectivity index is 1.82. The molecule has 1 saturated heterocycles. The zero-order valence-electron chi connectivity index (χ0n) is 13.7. The van der Waals surface area contributed by atoms with Gasteiger partial charge in [0, 0.05) is 13.2 Å². The summed E-state index contributed by atoms with van der Waals surface area (Å²) in [5.74, 6) is 0.656. The third-order valence-corrected chi connectivity index (χ3v) is 5.38. The number of ether oxygens (including phenoxy) is 1. The van der Waals surface area contributed by atoms with Gasteiger partial charge >= 0.3 is 0 Å². The molecule has 1 spiro atoms. The van der Waals surface area contributed by atoms with E-state index in [1.165, 1.54) is 37.8 Å². The molecule has 1 aliphatic heterocycles. The fourth-order valence-corrected chi connectivity index (χ4v) is 4.41. The Morgan fingerprint density at radius 2 is 2.24 bits per heavy atom. The third-order valence-electron chi connectivity index (χ3n) is 5.38. The first-order valence-electron chi connectivity index (χ1n) is 8.53. The Morgan fingerprint density at radius 1 is 1.48 bits per heavy atom. The molecule has 2 fully saturated rings. The fraction of sp³-hybridized carbons (Fsp3) is 0.824. The van der Waals surface area contributed by atoms with Gasteiger partial charge in [0.05, 0.1) is 23.0 Å². The summed E-state index contributed by atoms with van der Waals surface area (Å²) >= 11 is 0. The predicted molar refractivity (Wildman–Crippen MR) is 84.3 cm³/mol. The molecule has 3 rings (SSSR count). The van der Waals surface area contributed by atoms with Crippen LogP contribution in [0.4, 0.5) is 0 Å². The molecule has 0 bridgehead atoms. The second-order valence-electron chi connectivity index (χ2n) is 6.78. The van der Waals surface area contributed by atoms with E-state index >= 15 is 0 Å². The zero-order valence-corrected chi connectivity index (χ0v) is 13.7. The number of nitrogens with one attached hydrogen (secondary N) is 1. The van der Waals surface area contributed by atoms with Gasteiger partial charge in [-0.05, 0) is 58.6 Å². The third kappa shape index (κ3) is 2.88. The lowest BCUT2D eigenvalue weighted by Crippen LogP contribution is -2.41. The Labute approximate surface area is 128 Å². The van der Waals surface area contributed by atoms with E-state index in [0.29, 0.717) is 12.0 Å². The van der Waals surface area contributed by atoms with Gasteiger partial charge in [-0.15, -0.1) is 0 Å². The lowest BCUT2D eigenvalue weighted by atomic mass is 9.79. The van der Waals surface area contributed by atoms with E-state index in [4.69, 9.17) is 4.74 Å². The van der Waals surface area contributed by atoms with Crippen LogP contribution in [-0.2, 0) is 11.3 Å². The Morgan fingerprint density at radius 3 is 2.90 bits per heavy atom. The summed E-state index contributed by atoms with van der Waals surface area (Å²) in [7, 11) is 2.09. The van der Waals surface area contributed by atoms with Crippen LogP contribution in [0.1, 0.15) is 62.9 Å². The highest BCUT2D eigenvalue weighted by Gasteiger charge is 2.42. The first-order valence-corrected chi connectivity index (χ1v) is 8.53. The molecule has 1 saturated carbocycles. The van der Waals surface area contributed by atoms with E-state index in [2.05, 4.69) is 42.1 Å². The van der Waals surface area contributed by atoms with Crippen LogP contribution < -0.4 is 5.32 Å². The van der Waals surface area contributed by atoms with Crippen molar-refractivity contribution in [2.24, 2.45) is 5.92 Å². The molecule has 118 valence electrons. The topological polar surface area (TPSA) is 39.1 Å². The van der Waals surface area contributed by atoms with Gasteiger partial charge in [0.1, 0.15) is 0 Å². The van der Waals surface area contributed by atoms with E-state index in [0.717, 1.165) is 25.3 Å². The number of rotatable bonds is 4. The summed E-state index contributed by atoms with van der Waals surface area (Å²) in [5, 5.41) is 8.19. The van der Waals surface area contributed by atoms with Gasteiger partial charge in [-0.1, -0.05) is 12.8 Å². The Bertz CT molecular complexity index is 476. The molecular weight excluding hydrogens is 262 g/mol. The molecule has 1 aromatic rings. The monoisotopic (exact) mass is 291 g/mol. The van der Waals surface area contributed by atoms with Gasteiger partial charge in [-0.2, -0.15) is 5.10 Å². The van der Waals surface area contributed by atoms with Gasteiger partial charge in [0.15, 0.2) is 0 Å². The maximum atomic E-state index is 6.20. The Hall–Kier alpha value is -0.870. The quantitative estimate of drug-likeness (QED) is 0.926. The summed E-state index contributed by atoms with van der Waals surface area (Å²) in [6.07, 6.45) is 7.54. The minimum absolute atomic E-state index is 0.185. The second kappa shape index (κ2) is 6.09. The van der Waals surface area contributed by atoms with Crippen LogP contribution in [0.3, 0.4) is 0 Å². The first-order chi connectivity index (χ1) is 10.2. The standard InChI is InChI=1S/C17H29N3O/c1-4-20-15(11-13(2)19-20)16(18-3)14-7-10-21-17(12-14)8-5-6-9-17/h11,14,16,18H,4-10,12H2,1-3H3. The highest BCUT2D eigenvalue weighted by atomic mass is 16.5. The molecule has 1 aliphatic carbocycles. The zero-order chi connectivity index (χ0) is 14.9. The van der Waals surface area contributed by atoms with Crippen molar-refractivity contribution in [3.63, 3.8) is 0 Å². The minimum Gasteiger partial charge on any atom is -0.375 e. The molecule has 2 heterocycles. The normalized spacial score (nSPS) is 26.3. The molecule has 2 atom stereocenters. The van der Waals surface area contributed by atoms with Crippen LogP contribution in [0.2, 0.25) is 0 Å². The Kier molecular flexibility index (Phi) is 4.36. The van der Waals surface area contributed by atoms with Gasteiger partial charge in [0.25, 0.3) is 0 Å². The highest BCUT2D eigenvalue weighted by molar-refractivity contribution is 5.15. The smallest absolute Gasteiger partial charge is 0.0686 e. The van der Waals surface area contributed by atoms with Crippen LogP contribution in [0, 0.1) is 12.8 Å². The highest BCUT2D eigenvalue weighted by Crippen LogP contribution is 2.45. The molecular formula is C17H29N3O. The van der Waals surface area contributed by atoms with Crippen molar-refractivity contribution in [3.05, 3.63) is 17.5 Å². The SMILES string of the molecule is CCn1nc(C)cc1C(NC)C1CCOC2(CCCC2)C1. The minimum atomic E-state index is 0.185. The number of aryl methyl sites for hydroxylation is 2. The van der Waals surface area contributed by atoms with Crippen LogP contribution in [0.5, 0.6) is 0 Å². The van der Waals surface area contributed by atoms with E-state index < -0.39 is 0 Å². The maximum absolute atomic E-state index is 6.20. The summed E-state index contributed by atoms with van der Waals surface area (Å²) in [5.41, 5.74) is 2.65. The van der Waals surface area contributed by atoms with Crippen LogP contribution in [0.25, 0.3) is 0 Å². The van der Waals surface area contributed by atoms with Gasteiger partial charge in [0.2, 0.25) is 0 Å². The van der Waals surface area contributed by atoms with E-state index in [9.17, 15) is 0 Å². The molecule has 1 aromatic heterocycles. The second-order valence-corrected chi connectivity index (χ2v) is 6.78. The summed E-state index contributed by atoms with van der Waals surface area (Å²) in [4.78, 5) is 0. The average Bonchev–Trinajstić information content (AvgIpc) is 3.07. The summed E-state index contributed by atoms with van der Waals surface area (Å²) in [6, 6.07) is 2.65. The first kappa shape index (κ1) is 15.0. The molecule has 0 radical (unpaired) electrons. The molecule has 1 N–H and O–H groups in total. The average molecular weight is 291 g/mol. The maximum Gasteiger partial charge on any atom is 0.0686 e. The van der Waals surface area contributed by atoms with Crippen molar-refractivity contribution in [2.75, 3.05) is 13.7 Å². The number of hydrogen-bond acceptors (Lipinski definition) is 3. The lowest BCUT2D eigenvalue weighted by Gasteiger charge is -2.41. The molecule has 0 amide bonds. The van der Waals surface area contributed by atoms with E-state index in [1.807, 2.05) is 0 Å². The summed E-state index contributed by atoms with van der Waals surface area (Å²) in [6.45, 7) is 6.12.